The zero-order valence-electron chi connectivity index (χ0n) is 9.40. The number of fused-ring (bicyclic) bond motifs is 1. The first-order valence-electron chi connectivity index (χ1n) is 5.54. The lowest BCUT2D eigenvalue weighted by Crippen LogP contribution is -1.91. The van der Waals surface area contributed by atoms with Crippen molar-refractivity contribution in [1.82, 2.24) is 4.98 Å². The molecule has 1 aromatic heterocycles. The number of aromatic nitrogens is 1. The summed E-state index contributed by atoms with van der Waals surface area (Å²) in [6.45, 7) is 0.247. The van der Waals surface area contributed by atoms with Gasteiger partial charge in [-0.1, -0.05) is 29.8 Å². The van der Waals surface area contributed by atoms with Crippen LogP contribution < -0.4 is 0 Å². The summed E-state index contributed by atoms with van der Waals surface area (Å²) in [5.74, 6) is 1.79. The van der Waals surface area contributed by atoms with Gasteiger partial charge in [-0.25, -0.2) is 4.98 Å². The molecule has 0 saturated heterocycles. The number of nitrogens with zero attached hydrogens (tertiary/aromatic N) is 1. The predicted molar refractivity (Wildman–Crippen MR) is 74.6 cm³/mol. The molecule has 17 heavy (non-hydrogen) atoms. The number of pyridine rings is 1. The Bertz CT molecular complexity index is 504. The van der Waals surface area contributed by atoms with E-state index in [0.29, 0.717) is 5.15 Å². The van der Waals surface area contributed by atoms with Crippen LogP contribution in [0.3, 0.4) is 0 Å². The molecule has 0 aliphatic rings. The first-order chi connectivity index (χ1) is 8.31. The number of aliphatic hydroxyl groups excluding tert-OH is 1. The van der Waals surface area contributed by atoms with Crippen LogP contribution in [0.25, 0.3) is 10.9 Å². The smallest absolute Gasteiger partial charge is 0.133 e. The Balaban J connectivity index is 2.14. The summed E-state index contributed by atoms with van der Waals surface area (Å²) in [6, 6.07) is 10.1. The molecule has 0 spiro atoms. The Morgan fingerprint density at radius 3 is 2.94 bits per heavy atom. The van der Waals surface area contributed by atoms with Crippen molar-refractivity contribution in [2.75, 3.05) is 12.4 Å². The van der Waals surface area contributed by atoms with Gasteiger partial charge in [0.25, 0.3) is 0 Å². The van der Waals surface area contributed by atoms with Crippen molar-refractivity contribution in [3.63, 3.8) is 0 Å². The summed E-state index contributed by atoms with van der Waals surface area (Å²) in [6.07, 6.45) is 0.823. The van der Waals surface area contributed by atoms with Crippen LogP contribution in [0.1, 0.15) is 12.0 Å². The van der Waals surface area contributed by atoms with E-state index in [-0.39, 0.29) is 6.61 Å². The molecule has 0 bridgehead atoms. The standard InChI is InChI=1S/C13H14ClNOS/c14-13-11(9-17-7-3-6-16)8-10-4-1-2-5-12(10)15-13/h1-2,4-5,8,16H,3,6-7,9H2. The normalized spacial score (nSPS) is 10.9. The minimum atomic E-state index is 0.247. The van der Waals surface area contributed by atoms with E-state index in [1.165, 1.54) is 0 Å². The largest absolute Gasteiger partial charge is 0.396 e. The highest BCUT2D eigenvalue weighted by atomic mass is 35.5. The first kappa shape index (κ1) is 12.7. The zero-order chi connectivity index (χ0) is 12.1. The van der Waals surface area contributed by atoms with Crippen LogP contribution >= 0.6 is 23.4 Å². The van der Waals surface area contributed by atoms with E-state index in [1.807, 2.05) is 24.3 Å². The Morgan fingerprint density at radius 1 is 1.29 bits per heavy atom. The molecule has 0 aliphatic heterocycles. The molecule has 0 aliphatic carbocycles. The van der Waals surface area contributed by atoms with Crippen molar-refractivity contribution in [2.24, 2.45) is 0 Å². The van der Waals surface area contributed by atoms with Crippen molar-refractivity contribution >= 4 is 34.3 Å². The van der Waals surface area contributed by atoms with Crippen LogP contribution in [0.4, 0.5) is 0 Å². The van der Waals surface area contributed by atoms with Gasteiger partial charge in [0.15, 0.2) is 0 Å². The highest BCUT2D eigenvalue weighted by Gasteiger charge is 2.04. The highest BCUT2D eigenvalue weighted by molar-refractivity contribution is 7.98. The Morgan fingerprint density at radius 2 is 2.12 bits per heavy atom. The molecule has 1 N–H and O–H groups in total. The van der Waals surface area contributed by atoms with Crippen LogP contribution in [0.15, 0.2) is 30.3 Å². The van der Waals surface area contributed by atoms with Crippen LogP contribution in [-0.2, 0) is 5.75 Å². The van der Waals surface area contributed by atoms with Gasteiger partial charge in [-0.2, -0.15) is 11.8 Å². The summed E-state index contributed by atoms with van der Waals surface area (Å²) in [7, 11) is 0. The average molecular weight is 268 g/mol. The van der Waals surface area contributed by atoms with Crippen LogP contribution in [-0.4, -0.2) is 22.5 Å². The Hall–Kier alpha value is -0.770. The fourth-order valence-corrected chi connectivity index (χ4v) is 2.80. The van der Waals surface area contributed by atoms with Crippen molar-refractivity contribution in [2.45, 2.75) is 12.2 Å². The number of halogens is 1. The zero-order valence-corrected chi connectivity index (χ0v) is 11.0. The third-order valence-corrected chi connectivity index (χ3v) is 3.87. The lowest BCUT2D eigenvalue weighted by Gasteiger charge is -2.05. The van der Waals surface area contributed by atoms with E-state index in [2.05, 4.69) is 11.1 Å². The number of benzene rings is 1. The monoisotopic (exact) mass is 267 g/mol. The molecule has 90 valence electrons. The molecule has 1 aromatic carbocycles. The predicted octanol–water partition coefficient (Wildman–Crippen LogP) is 3.50. The molecule has 0 fully saturated rings. The molecular formula is C13H14ClNOS. The fraction of sp³-hybridized carbons (Fsp3) is 0.308. The van der Waals surface area contributed by atoms with Gasteiger partial charge in [0, 0.05) is 23.3 Å². The van der Waals surface area contributed by atoms with Crippen molar-refractivity contribution in [3.8, 4) is 0 Å². The third-order valence-electron chi connectivity index (χ3n) is 2.45. The molecule has 2 nitrogen and oxygen atoms in total. The summed E-state index contributed by atoms with van der Waals surface area (Å²) in [5, 5.41) is 10.4. The second-order valence-corrected chi connectivity index (χ2v) is 5.22. The van der Waals surface area contributed by atoms with Gasteiger partial charge >= 0.3 is 0 Å². The van der Waals surface area contributed by atoms with E-state index < -0.39 is 0 Å². The van der Waals surface area contributed by atoms with Gasteiger partial charge in [0.2, 0.25) is 0 Å². The molecule has 2 aromatic rings. The topological polar surface area (TPSA) is 33.1 Å². The molecule has 2 rings (SSSR count). The summed E-state index contributed by atoms with van der Waals surface area (Å²) in [4.78, 5) is 4.38. The maximum Gasteiger partial charge on any atom is 0.133 e. The highest BCUT2D eigenvalue weighted by Crippen LogP contribution is 2.24. The molecule has 0 atom stereocenters. The molecule has 0 unspecified atom stereocenters. The Labute approximate surface area is 110 Å². The number of para-hydroxylation sites is 1. The lowest BCUT2D eigenvalue weighted by atomic mass is 10.2. The number of hydrogen-bond acceptors (Lipinski definition) is 3. The first-order valence-corrected chi connectivity index (χ1v) is 7.07. The lowest BCUT2D eigenvalue weighted by molar-refractivity contribution is 0.296. The minimum absolute atomic E-state index is 0.247. The van der Waals surface area contributed by atoms with Crippen molar-refractivity contribution < 1.29 is 5.11 Å². The quantitative estimate of drug-likeness (QED) is 0.665. The number of thioether (sulfide) groups is 1. The van der Waals surface area contributed by atoms with Gasteiger partial charge in [-0.15, -0.1) is 0 Å². The fourth-order valence-electron chi connectivity index (χ4n) is 1.59. The number of hydrogen-bond donors (Lipinski definition) is 1. The SMILES string of the molecule is OCCCSCc1cc2ccccc2nc1Cl. The molecule has 0 radical (unpaired) electrons. The maximum absolute atomic E-state index is 8.71. The second kappa shape index (κ2) is 6.24. The minimum Gasteiger partial charge on any atom is -0.396 e. The van der Waals surface area contributed by atoms with Gasteiger partial charge < -0.3 is 5.11 Å². The van der Waals surface area contributed by atoms with Gasteiger partial charge in [0.1, 0.15) is 5.15 Å². The van der Waals surface area contributed by atoms with Crippen LogP contribution in [0.5, 0.6) is 0 Å². The molecule has 0 amide bonds. The molecule has 4 heteroatoms. The van der Waals surface area contributed by atoms with Gasteiger partial charge in [0.05, 0.1) is 5.52 Å². The summed E-state index contributed by atoms with van der Waals surface area (Å²) in [5.41, 5.74) is 2.00. The molecule has 0 saturated carbocycles. The van der Waals surface area contributed by atoms with E-state index in [0.717, 1.165) is 34.4 Å². The van der Waals surface area contributed by atoms with E-state index >= 15 is 0 Å². The third kappa shape index (κ3) is 3.35. The average Bonchev–Trinajstić information content (AvgIpc) is 2.35. The van der Waals surface area contributed by atoms with Crippen LogP contribution in [0, 0.1) is 0 Å². The summed E-state index contributed by atoms with van der Waals surface area (Å²) < 4.78 is 0. The van der Waals surface area contributed by atoms with E-state index in [1.54, 1.807) is 11.8 Å². The number of aliphatic hydroxyl groups is 1. The number of rotatable bonds is 5. The van der Waals surface area contributed by atoms with E-state index in [9.17, 15) is 0 Å². The van der Waals surface area contributed by atoms with Crippen molar-refractivity contribution in [3.05, 3.63) is 41.0 Å². The van der Waals surface area contributed by atoms with Crippen molar-refractivity contribution in [1.29, 1.82) is 0 Å². The Kier molecular flexibility index (Phi) is 4.66. The van der Waals surface area contributed by atoms with Crippen LogP contribution in [0.2, 0.25) is 5.15 Å². The van der Waals surface area contributed by atoms with Gasteiger partial charge in [-0.05, 0) is 24.3 Å². The summed E-state index contributed by atoms with van der Waals surface area (Å²) >= 11 is 7.91. The van der Waals surface area contributed by atoms with E-state index in [4.69, 9.17) is 16.7 Å². The van der Waals surface area contributed by atoms with Gasteiger partial charge in [-0.3, -0.25) is 0 Å². The molecule has 1 heterocycles. The second-order valence-electron chi connectivity index (χ2n) is 3.76. The molecular weight excluding hydrogens is 254 g/mol. The maximum atomic E-state index is 8.71.